The molecule has 3 aromatic rings. The van der Waals surface area contributed by atoms with E-state index in [1.54, 1.807) is 22.6 Å². The fourth-order valence-electron chi connectivity index (χ4n) is 4.19. The summed E-state index contributed by atoms with van der Waals surface area (Å²) in [6.07, 6.45) is 5.79. The van der Waals surface area contributed by atoms with E-state index in [1.807, 2.05) is 42.9 Å². The Labute approximate surface area is 199 Å². The van der Waals surface area contributed by atoms with Crippen LogP contribution in [0.25, 0.3) is 11.4 Å². The first-order valence-corrected chi connectivity index (χ1v) is 13.1. The number of nitrogens with zero attached hydrogens (tertiary/aromatic N) is 6. The lowest BCUT2D eigenvalue weighted by Gasteiger charge is -2.33. The van der Waals surface area contributed by atoms with Crippen molar-refractivity contribution in [1.29, 1.82) is 0 Å². The van der Waals surface area contributed by atoms with Crippen LogP contribution in [-0.4, -0.2) is 63.1 Å². The zero-order chi connectivity index (χ0) is 23.2. The summed E-state index contributed by atoms with van der Waals surface area (Å²) < 4.78 is 32.5. The van der Waals surface area contributed by atoms with Gasteiger partial charge in [0, 0.05) is 50.2 Å². The van der Waals surface area contributed by atoms with E-state index < -0.39 is 10.0 Å². The fourth-order valence-corrected chi connectivity index (χ4v) is 6.03. The van der Waals surface area contributed by atoms with Crippen LogP contribution in [0, 0.1) is 18.6 Å². The quantitative estimate of drug-likeness (QED) is 0.499. The molecule has 1 saturated carbocycles. The van der Waals surface area contributed by atoms with Gasteiger partial charge in [-0.3, -0.25) is 14.5 Å². The summed E-state index contributed by atoms with van der Waals surface area (Å²) in [5, 5.41) is 4.83. The minimum atomic E-state index is -3.49. The molecule has 8 nitrogen and oxygen atoms in total. The van der Waals surface area contributed by atoms with E-state index in [9.17, 15) is 8.42 Å². The number of hydrogen-bond acceptors (Lipinski definition) is 6. The van der Waals surface area contributed by atoms with Crippen molar-refractivity contribution < 1.29 is 8.42 Å². The SMILES string of the molecule is Cc1ccc(S(=O)(=O)N2CCN(Cn3nc(-c4cccnc4)n(C4CC4)c3=S)CC2)cc1C. The molecule has 1 aromatic carbocycles. The summed E-state index contributed by atoms with van der Waals surface area (Å²) in [6.45, 7) is 6.62. The van der Waals surface area contributed by atoms with Gasteiger partial charge in [0.1, 0.15) is 0 Å². The van der Waals surface area contributed by atoms with Crippen LogP contribution in [-0.2, 0) is 16.7 Å². The first-order valence-electron chi connectivity index (χ1n) is 11.2. The molecule has 1 aliphatic carbocycles. The Morgan fingerprint density at radius 1 is 1.06 bits per heavy atom. The lowest BCUT2D eigenvalue weighted by Crippen LogP contribution is -2.48. The van der Waals surface area contributed by atoms with Gasteiger partial charge in [0.25, 0.3) is 0 Å². The summed E-state index contributed by atoms with van der Waals surface area (Å²) in [5.41, 5.74) is 3.03. The van der Waals surface area contributed by atoms with Crippen LogP contribution < -0.4 is 0 Å². The zero-order valence-electron chi connectivity index (χ0n) is 18.9. The topological polar surface area (TPSA) is 76.3 Å². The maximum atomic E-state index is 13.1. The Morgan fingerprint density at radius 3 is 2.45 bits per heavy atom. The van der Waals surface area contributed by atoms with Crippen LogP contribution in [0.1, 0.15) is 30.0 Å². The second-order valence-corrected chi connectivity index (χ2v) is 11.2. The molecule has 2 aliphatic rings. The highest BCUT2D eigenvalue weighted by molar-refractivity contribution is 7.89. The molecule has 174 valence electrons. The average Bonchev–Trinajstić information content (AvgIpc) is 3.60. The summed E-state index contributed by atoms with van der Waals surface area (Å²) >= 11 is 5.78. The third-order valence-corrected chi connectivity index (χ3v) is 8.79. The van der Waals surface area contributed by atoms with E-state index in [2.05, 4.69) is 14.5 Å². The van der Waals surface area contributed by atoms with Crippen molar-refractivity contribution in [1.82, 2.24) is 28.5 Å². The molecular weight excluding hydrogens is 456 g/mol. The van der Waals surface area contributed by atoms with Gasteiger partial charge in [0.2, 0.25) is 10.0 Å². The fraction of sp³-hybridized carbons (Fsp3) is 0.435. The van der Waals surface area contributed by atoms with Gasteiger partial charge >= 0.3 is 0 Å². The minimum absolute atomic E-state index is 0.366. The van der Waals surface area contributed by atoms with E-state index >= 15 is 0 Å². The largest absolute Gasteiger partial charge is 0.297 e. The van der Waals surface area contributed by atoms with E-state index in [0.29, 0.717) is 48.6 Å². The Kier molecular flexibility index (Phi) is 5.94. The molecule has 0 radical (unpaired) electrons. The smallest absolute Gasteiger partial charge is 0.243 e. The minimum Gasteiger partial charge on any atom is -0.297 e. The third-order valence-electron chi connectivity index (χ3n) is 6.48. The first-order chi connectivity index (χ1) is 15.8. The number of hydrogen-bond donors (Lipinski definition) is 0. The molecule has 2 aromatic heterocycles. The molecule has 0 bridgehead atoms. The van der Waals surface area contributed by atoms with Crippen LogP contribution >= 0.6 is 12.2 Å². The molecule has 33 heavy (non-hydrogen) atoms. The molecule has 10 heteroatoms. The maximum Gasteiger partial charge on any atom is 0.243 e. The van der Waals surface area contributed by atoms with Gasteiger partial charge in [0.05, 0.1) is 11.6 Å². The van der Waals surface area contributed by atoms with Gasteiger partial charge in [-0.15, -0.1) is 0 Å². The molecule has 1 aliphatic heterocycles. The van der Waals surface area contributed by atoms with Gasteiger partial charge in [-0.2, -0.15) is 9.40 Å². The first kappa shape index (κ1) is 22.4. The predicted octanol–water partition coefficient (Wildman–Crippen LogP) is 3.39. The summed E-state index contributed by atoms with van der Waals surface area (Å²) in [6, 6.07) is 9.65. The van der Waals surface area contributed by atoms with Gasteiger partial charge < -0.3 is 0 Å². The summed E-state index contributed by atoms with van der Waals surface area (Å²) in [5.74, 6) is 0.853. The van der Waals surface area contributed by atoms with Gasteiger partial charge in [-0.25, -0.2) is 13.1 Å². The molecule has 2 fully saturated rings. The van der Waals surface area contributed by atoms with Gasteiger partial charge in [0.15, 0.2) is 10.6 Å². The molecule has 0 unspecified atom stereocenters. The van der Waals surface area contributed by atoms with E-state index in [-0.39, 0.29) is 0 Å². The molecule has 0 atom stereocenters. The van der Waals surface area contributed by atoms with E-state index in [0.717, 1.165) is 35.4 Å². The number of aromatic nitrogens is 4. The Balaban J connectivity index is 1.31. The number of aryl methyl sites for hydroxylation is 2. The van der Waals surface area contributed by atoms with Gasteiger partial charge in [-0.1, -0.05) is 6.07 Å². The van der Waals surface area contributed by atoms with E-state index in [1.165, 1.54) is 0 Å². The summed E-state index contributed by atoms with van der Waals surface area (Å²) in [4.78, 5) is 6.81. The number of piperazine rings is 1. The van der Waals surface area contributed by atoms with E-state index in [4.69, 9.17) is 17.3 Å². The Bertz CT molecular complexity index is 1320. The second kappa shape index (κ2) is 8.75. The molecule has 0 spiro atoms. The number of pyridine rings is 1. The molecule has 3 heterocycles. The number of sulfonamides is 1. The lowest BCUT2D eigenvalue weighted by atomic mass is 10.1. The summed E-state index contributed by atoms with van der Waals surface area (Å²) in [7, 11) is -3.49. The second-order valence-electron chi connectivity index (χ2n) is 8.86. The number of rotatable bonds is 6. The monoisotopic (exact) mass is 484 g/mol. The Hall–Kier alpha value is -2.40. The zero-order valence-corrected chi connectivity index (χ0v) is 20.5. The molecule has 5 rings (SSSR count). The maximum absolute atomic E-state index is 13.1. The normalized spacial score (nSPS) is 18.0. The van der Waals surface area contributed by atoms with Crippen LogP contribution in [0.5, 0.6) is 0 Å². The van der Waals surface area contributed by atoms with Crippen molar-refractivity contribution in [2.45, 2.75) is 44.3 Å². The lowest BCUT2D eigenvalue weighted by molar-refractivity contribution is 0.144. The van der Waals surface area contributed by atoms with Crippen molar-refractivity contribution in [2.75, 3.05) is 26.2 Å². The van der Waals surface area contributed by atoms with Crippen LogP contribution in [0.4, 0.5) is 0 Å². The van der Waals surface area contributed by atoms with Crippen molar-refractivity contribution >= 4 is 22.2 Å². The van der Waals surface area contributed by atoms with Crippen LogP contribution in [0.3, 0.4) is 0 Å². The molecular formula is C23H28N6O2S2. The highest BCUT2D eigenvalue weighted by atomic mass is 32.2. The van der Waals surface area contributed by atoms with Crippen molar-refractivity contribution in [3.05, 3.63) is 58.6 Å². The van der Waals surface area contributed by atoms with Crippen LogP contribution in [0.2, 0.25) is 0 Å². The van der Waals surface area contributed by atoms with Crippen LogP contribution in [0.15, 0.2) is 47.6 Å². The average molecular weight is 485 g/mol. The highest BCUT2D eigenvalue weighted by Gasteiger charge is 2.31. The van der Waals surface area contributed by atoms with Crippen molar-refractivity contribution in [3.8, 4) is 11.4 Å². The standard InChI is InChI=1S/C23H28N6O2S2/c1-17-5-8-21(14-18(17)2)33(30,31)27-12-10-26(11-13-27)16-28-23(32)29(20-6-7-20)22(25-28)19-4-3-9-24-15-19/h3-5,8-9,14-15,20H,6-7,10-13,16H2,1-2H3. The molecule has 1 saturated heterocycles. The Morgan fingerprint density at radius 2 is 1.82 bits per heavy atom. The molecule has 0 N–H and O–H groups in total. The van der Waals surface area contributed by atoms with Gasteiger partial charge in [-0.05, 0) is 74.3 Å². The predicted molar refractivity (Wildman–Crippen MR) is 129 cm³/mol. The number of benzene rings is 1. The molecule has 0 amide bonds. The van der Waals surface area contributed by atoms with Crippen molar-refractivity contribution in [3.63, 3.8) is 0 Å². The third kappa shape index (κ3) is 4.40. The van der Waals surface area contributed by atoms with Crippen molar-refractivity contribution in [2.24, 2.45) is 0 Å². The highest BCUT2D eigenvalue weighted by Crippen LogP contribution is 2.38.